The van der Waals surface area contributed by atoms with Crippen LogP contribution in [-0.4, -0.2) is 55.1 Å². The Hall–Kier alpha value is -1.99. The highest BCUT2D eigenvalue weighted by Crippen LogP contribution is 2.14. The summed E-state index contributed by atoms with van der Waals surface area (Å²) in [4.78, 5) is 21.0. The highest BCUT2D eigenvalue weighted by molar-refractivity contribution is 7.12. The number of nitrogens with one attached hydrogen (secondary N) is 1. The standard InChI is InChI=1S/C17H21FN4OS/c18-15-5-1-6-16(20-15)22-11-9-21(10-12-22)8-3-7-19-17(23)14-4-2-13-24-14/h1-2,4-6,13H,3,7-12H2,(H,19,23). The molecule has 3 rings (SSSR count). The van der Waals surface area contributed by atoms with E-state index in [9.17, 15) is 9.18 Å². The fraction of sp³-hybridized carbons (Fsp3) is 0.412. The summed E-state index contributed by atoms with van der Waals surface area (Å²) in [7, 11) is 0. The minimum absolute atomic E-state index is 0.00648. The number of hydrogen-bond acceptors (Lipinski definition) is 5. The first kappa shape index (κ1) is 16.9. The molecular weight excluding hydrogens is 327 g/mol. The van der Waals surface area contributed by atoms with Crippen LogP contribution in [0.25, 0.3) is 0 Å². The molecule has 1 saturated heterocycles. The van der Waals surface area contributed by atoms with Gasteiger partial charge in [0.1, 0.15) is 5.82 Å². The fourth-order valence-electron chi connectivity index (χ4n) is 2.77. The lowest BCUT2D eigenvalue weighted by molar-refractivity contribution is 0.0955. The zero-order valence-corrected chi connectivity index (χ0v) is 14.3. The summed E-state index contributed by atoms with van der Waals surface area (Å²) < 4.78 is 13.2. The van der Waals surface area contributed by atoms with Crippen molar-refractivity contribution in [2.24, 2.45) is 0 Å². The van der Waals surface area contributed by atoms with E-state index in [1.165, 1.54) is 17.4 Å². The molecule has 0 unspecified atom stereocenters. The van der Waals surface area contributed by atoms with Crippen LogP contribution in [0.1, 0.15) is 16.1 Å². The molecule has 2 aromatic heterocycles. The number of anilines is 1. The Balaban J connectivity index is 1.35. The number of hydrogen-bond donors (Lipinski definition) is 1. The van der Waals surface area contributed by atoms with Crippen molar-refractivity contribution >= 4 is 23.1 Å². The Morgan fingerprint density at radius 1 is 1.21 bits per heavy atom. The first-order chi connectivity index (χ1) is 11.7. The monoisotopic (exact) mass is 348 g/mol. The highest BCUT2D eigenvalue weighted by atomic mass is 32.1. The molecule has 24 heavy (non-hydrogen) atoms. The number of carbonyl (C=O) groups excluding carboxylic acids is 1. The lowest BCUT2D eigenvalue weighted by atomic mass is 10.2. The predicted octanol–water partition coefficient (Wildman–Crippen LogP) is 2.22. The third-order valence-electron chi connectivity index (χ3n) is 4.08. The van der Waals surface area contributed by atoms with Gasteiger partial charge in [-0.05, 0) is 36.5 Å². The quantitative estimate of drug-likeness (QED) is 0.642. The Labute approximate surface area is 145 Å². The summed E-state index contributed by atoms with van der Waals surface area (Å²) in [6.07, 6.45) is 0.926. The topological polar surface area (TPSA) is 48.5 Å². The summed E-state index contributed by atoms with van der Waals surface area (Å²) in [6, 6.07) is 8.62. The predicted molar refractivity (Wildman–Crippen MR) is 94.1 cm³/mol. The number of pyridine rings is 1. The average Bonchev–Trinajstić information content (AvgIpc) is 3.14. The smallest absolute Gasteiger partial charge is 0.261 e. The molecule has 5 nitrogen and oxygen atoms in total. The van der Waals surface area contributed by atoms with Crippen molar-refractivity contribution < 1.29 is 9.18 Å². The molecule has 0 saturated carbocycles. The molecule has 0 aliphatic carbocycles. The molecule has 1 aliphatic rings. The van der Waals surface area contributed by atoms with Gasteiger partial charge in [0.05, 0.1) is 4.88 Å². The van der Waals surface area contributed by atoms with Crippen LogP contribution in [0.15, 0.2) is 35.7 Å². The third-order valence-corrected chi connectivity index (χ3v) is 4.95. The highest BCUT2D eigenvalue weighted by Gasteiger charge is 2.18. The Bertz CT molecular complexity index is 656. The molecule has 2 aromatic rings. The maximum atomic E-state index is 13.2. The first-order valence-electron chi connectivity index (χ1n) is 8.14. The maximum Gasteiger partial charge on any atom is 0.261 e. The van der Waals surface area contributed by atoms with Crippen LogP contribution in [0.3, 0.4) is 0 Å². The molecule has 1 aliphatic heterocycles. The molecule has 1 fully saturated rings. The number of halogens is 1. The van der Waals surface area contributed by atoms with Gasteiger partial charge >= 0.3 is 0 Å². The Morgan fingerprint density at radius 2 is 2.04 bits per heavy atom. The van der Waals surface area contributed by atoms with Crippen LogP contribution < -0.4 is 10.2 Å². The van der Waals surface area contributed by atoms with Crippen LogP contribution in [0, 0.1) is 5.95 Å². The molecule has 0 spiro atoms. The molecule has 7 heteroatoms. The van der Waals surface area contributed by atoms with Gasteiger partial charge in [-0.2, -0.15) is 4.39 Å². The van der Waals surface area contributed by atoms with Gasteiger partial charge in [0.25, 0.3) is 5.91 Å². The number of nitrogens with zero attached hydrogens (tertiary/aromatic N) is 3. The normalized spacial score (nSPS) is 15.5. The summed E-state index contributed by atoms with van der Waals surface area (Å²) in [5, 5.41) is 4.85. The fourth-order valence-corrected chi connectivity index (χ4v) is 3.41. The molecule has 0 aromatic carbocycles. The van der Waals surface area contributed by atoms with Crippen molar-refractivity contribution in [2.45, 2.75) is 6.42 Å². The van der Waals surface area contributed by atoms with Gasteiger partial charge in [0.2, 0.25) is 5.95 Å². The van der Waals surface area contributed by atoms with Crippen molar-refractivity contribution in [1.29, 1.82) is 0 Å². The average molecular weight is 348 g/mol. The SMILES string of the molecule is O=C(NCCCN1CCN(c2cccc(F)n2)CC1)c1cccs1. The lowest BCUT2D eigenvalue weighted by Crippen LogP contribution is -2.47. The van der Waals surface area contributed by atoms with E-state index < -0.39 is 5.95 Å². The summed E-state index contributed by atoms with van der Waals surface area (Å²) in [6.45, 7) is 5.18. The van der Waals surface area contributed by atoms with Crippen LogP contribution in [-0.2, 0) is 0 Å². The third kappa shape index (κ3) is 4.52. The lowest BCUT2D eigenvalue weighted by Gasteiger charge is -2.35. The number of aromatic nitrogens is 1. The van der Waals surface area contributed by atoms with Crippen LogP contribution in [0.5, 0.6) is 0 Å². The van der Waals surface area contributed by atoms with Gasteiger partial charge < -0.3 is 10.2 Å². The van der Waals surface area contributed by atoms with Gasteiger partial charge in [-0.1, -0.05) is 12.1 Å². The van der Waals surface area contributed by atoms with Crippen molar-refractivity contribution in [3.8, 4) is 0 Å². The van der Waals surface area contributed by atoms with Crippen molar-refractivity contribution in [2.75, 3.05) is 44.2 Å². The number of piperazine rings is 1. The summed E-state index contributed by atoms with van der Waals surface area (Å²) in [5.41, 5.74) is 0. The van der Waals surface area contributed by atoms with E-state index in [1.807, 2.05) is 23.6 Å². The molecule has 0 atom stereocenters. The van der Waals surface area contributed by atoms with Gasteiger partial charge in [-0.25, -0.2) is 4.98 Å². The van der Waals surface area contributed by atoms with E-state index in [4.69, 9.17) is 0 Å². The molecular formula is C17H21FN4OS. The second-order valence-corrected chi connectivity index (χ2v) is 6.68. The summed E-state index contributed by atoms with van der Waals surface area (Å²) >= 11 is 1.46. The van der Waals surface area contributed by atoms with Crippen molar-refractivity contribution in [1.82, 2.24) is 15.2 Å². The van der Waals surface area contributed by atoms with E-state index in [2.05, 4.69) is 20.1 Å². The van der Waals surface area contributed by atoms with Crippen LogP contribution in [0.4, 0.5) is 10.2 Å². The second-order valence-electron chi connectivity index (χ2n) is 5.73. The molecule has 0 bridgehead atoms. The van der Waals surface area contributed by atoms with E-state index in [1.54, 1.807) is 6.07 Å². The number of thiophene rings is 1. The van der Waals surface area contributed by atoms with Gasteiger partial charge in [-0.15, -0.1) is 11.3 Å². The Morgan fingerprint density at radius 3 is 2.75 bits per heavy atom. The first-order valence-corrected chi connectivity index (χ1v) is 9.02. The second kappa shape index (κ2) is 8.21. The largest absolute Gasteiger partial charge is 0.354 e. The van der Waals surface area contributed by atoms with E-state index in [-0.39, 0.29) is 5.91 Å². The molecule has 3 heterocycles. The molecule has 1 N–H and O–H groups in total. The van der Waals surface area contributed by atoms with Crippen LogP contribution >= 0.6 is 11.3 Å². The van der Waals surface area contributed by atoms with Crippen LogP contribution in [0.2, 0.25) is 0 Å². The zero-order chi connectivity index (χ0) is 16.8. The van der Waals surface area contributed by atoms with E-state index in [0.29, 0.717) is 12.4 Å². The number of carbonyl (C=O) groups is 1. The Kier molecular flexibility index (Phi) is 5.77. The van der Waals surface area contributed by atoms with Crippen molar-refractivity contribution in [3.63, 3.8) is 0 Å². The zero-order valence-electron chi connectivity index (χ0n) is 13.4. The van der Waals surface area contributed by atoms with E-state index in [0.717, 1.165) is 44.0 Å². The molecule has 1 amide bonds. The summed E-state index contributed by atoms with van der Waals surface area (Å²) in [5.74, 6) is 0.279. The van der Waals surface area contributed by atoms with Gasteiger partial charge in [0.15, 0.2) is 0 Å². The molecule has 128 valence electrons. The number of rotatable bonds is 6. The molecule has 0 radical (unpaired) electrons. The van der Waals surface area contributed by atoms with Gasteiger partial charge in [-0.3, -0.25) is 9.69 Å². The van der Waals surface area contributed by atoms with Crippen molar-refractivity contribution in [3.05, 3.63) is 46.5 Å². The maximum absolute atomic E-state index is 13.2. The minimum Gasteiger partial charge on any atom is -0.354 e. The van der Waals surface area contributed by atoms with E-state index >= 15 is 0 Å². The number of amides is 1. The van der Waals surface area contributed by atoms with Gasteiger partial charge in [0, 0.05) is 32.7 Å². The minimum atomic E-state index is -0.434.